The maximum Gasteiger partial charge on any atom is 0.294 e. The van der Waals surface area contributed by atoms with Crippen molar-refractivity contribution in [1.29, 1.82) is 0 Å². The summed E-state index contributed by atoms with van der Waals surface area (Å²) in [6.07, 6.45) is 2.50. The van der Waals surface area contributed by atoms with Gasteiger partial charge in [0.05, 0.1) is 12.6 Å². The molecule has 162 valence electrons. The number of benzene rings is 1. The minimum atomic E-state index is -0.517. The number of carbonyl (C=O) groups excluding carboxylic acids is 2. The van der Waals surface area contributed by atoms with E-state index < -0.39 is 11.8 Å². The van der Waals surface area contributed by atoms with E-state index in [0.29, 0.717) is 32.1 Å². The lowest BCUT2D eigenvalue weighted by atomic mass is 10.2. The van der Waals surface area contributed by atoms with Crippen molar-refractivity contribution in [1.82, 2.24) is 30.8 Å². The fourth-order valence-electron chi connectivity index (χ4n) is 2.46. The Labute approximate surface area is 193 Å². The van der Waals surface area contributed by atoms with Crippen LogP contribution in [0.2, 0.25) is 10.0 Å². The third-order valence-electron chi connectivity index (χ3n) is 3.78. The predicted octanol–water partition coefficient (Wildman–Crippen LogP) is 3.17. The molecule has 0 bridgehead atoms. The Balaban J connectivity index is 1.29. The average Bonchev–Trinajstić information content (AvgIpc) is 3.49. The molecule has 32 heavy (non-hydrogen) atoms. The molecular formula is C18H12Cl2N8O3S. The Morgan fingerprint density at radius 2 is 2.00 bits per heavy atom. The van der Waals surface area contributed by atoms with Crippen molar-refractivity contribution in [2.24, 2.45) is 5.10 Å². The Kier molecular flexibility index (Phi) is 6.54. The van der Waals surface area contributed by atoms with Gasteiger partial charge in [0.15, 0.2) is 0 Å². The van der Waals surface area contributed by atoms with Crippen molar-refractivity contribution in [3.63, 3.8) is 0 Å². The zero-order chi connectivity index (χ0) is 22.5. The number of anilines is 1. The Morgan fingerprint density at radius 1 is 1.19 bits per heavy atom. The molecule has 0 fully saturated rings. The summed E-state index contributed by atoms with van der Waals surface area (Å²) in [6.45, 7) is 0. The average molecular weight is 491 g/mol. The van der Waals surface area contributed by atoms with E-state index >= 15 is 0 Å². The van der Waals surface area contributed by atoms with Gasteiger partial charge < -0.3 is 4.42 Å². The number of rotatable bonds is 7. The molecule has 0 unspecified atom stereocenters. The van der Waals surface area contributed by atoms with Gasteiger partial charge in [-0.15, -0.1) is 10.2 Å². The number of amides is 2. The highest BCUT2D eigenvalue weighted by Crippen LogP contribution is 2.28. The highest BCUT2D eigenvalue weighted by Gasteiger charge is 2.14. The molecule has 4 aromatic rings. The van der Waals surface area contributed by atoms with E-state index in [0.717, 1.165) is 11.3 Å². The van der Waals surface area contributed by atoms with Gasteiger partial charge in [-0.3, -0.25) is 20.0 Å². The normalized spacial score (nSPS) is 11.1. The summed E-state index contributed by atoms with van der Waals surface area (Å²) in [5.41, 5.74) is 3.09. The van der Waals surface area contributed by atoms with Crippen molar-refractivity contribution in [2.45, 2.75) is 6.42 Å². The summed E-state index contributed by atoms with van der Waals surface area (Å²) in [5, 5.41) is 21.7. The molecule has 14 heteroatoms. The number of hydrogen-bond donors (Lipinski definition) is 3. The highest BCUT2D eigenvalue weighted by atomic mass is 35.5. The molecule has 3 heterocycles. The van der Waals surface area contributed by atoms with Gasteiger partial charge in [0.2, 0.25) is 16.9 Å². The number of halogens is 2. The molecule has 0 aliphatic carbocycles. The molecule has 0 spiro atoms. The summed E-state index contributed by atoms with van der Waals surface area (Å²) in [5.74, 6) is 0.0741. The van der Waals surface area contributed by atoms with E-state index in [1.807, 2.05) is 0 Å². The number of nitrogens with zero attached hydrogens (tertiary/aromatic N) is 5. The molecule has 3 N–H and O–H groups in total. The number of hydrazone groups is 1. The summed E-state index contributed by atoms with van der Waals surface area (Å²) in [6, 6.07) is 8.49. The van der Waals surface area contributed by atoms with Crippen LogP contribution in [0.5, 0.6) is 0 Å². The first-order chi connectivity index (χ1) is 15.5. The van der Waals surface area contributed by atoms with Crippen molar-refractivity contribution in [3.05, 3.63) is 63.3 Å². The maximum atomic E-state index is 12.1. The Bertz CT molecular complexity index is 1260. The third kappa shape index (κ3) is 5.55. The topological polar surface area (TPSA) is 151 Å². The molecule has 3 aromatic heterocycles. The molecule has 4 rings (SSSR count). The van der Waals surface area contributed by atoms with Crippen molar-refractivity contribution >= 4 is 57.7 Å². The minimum Gasteiger partial charge on any atom is -0.455 e. The summed E-state index contributed by atoms with van der Waals surface area (Å²) in [7, 11) is 0. The molecule has 1 aromatic carbocycles. The second-order valence-corrected chi connectivity index (χ2v) is 8.05. The van der Waals surface area contributed by atoms with Crippen LogP contribution in [-0.4, -0.2) is 43.4 Å². The lowest BCUT2D eigenvalue weighted by Crippen LogP contribution is -2.19. The van der Waals surface area contributed by atoms with Crippen LogP contribution in [0, 0.1) is 0 Å². The number of furan rings is 1. The molecule has 0 aliphatic heterocycles. The van der Waals surface area contributed by atoms with Crippen molar-refractivity contribution in [3.8, 4) is 11.3 Å². The van der Waals surface area contributed by atoms with E-state index in [4.69, 9.17) is 27.6 Å². The fourth-order valence-corrected chi connectivity index (χ4v) is 3.72. The summed E-state index contributed by atoms with van der Waals surface area (Å²) in [4.78, 5) is 27.7. The van der Waals surface area contributed by atoms with E-state index in [2.05, 4.69) is 41.2 Å². The number of aromatic nitrogens is 5. The van der Waals surface area contributed by atoms with Gasteiger partial charge in [-0.2, -0.15) is 10.2 Å². The maximum absolute atomic E-state index is 12.1. The monoisotopic (exact) mass is 490 g/mol. The van der Waals surface area contributed by atoms with Gasteiger partial charge in [0.1, 0.15) is 22.9 Å². The van der Waals surface area contributed by atoms with Crippen LogP contribution in [0.3, 0.4) is 0 Å². The SMILES string of the molecule is O=C(Cc1nnc(NC(=O)c2ncn[nH]2)s1)N/N=C\c1ccc(-c2cc(Cl)cc(Cl)c2)o1. The summed E-state index contributed by atoms with van der Waals surface area (Å²) < 4.78 is 5.66. The van der Waals surface area contributed by atoms with Gasteiger partial charge in [0.25, 0.3) is 5.91 Å². The molecule has 11 nitrogen and oxygen atoms in total. The van der Waals surface area contributed by atoms with E-state index in [9.17, 15) is 9.59 Å². The lowest BCUT2D eigenvalue weighted by Gasteiger charge is -1.99. The Morgan fingerprint density at radius 3 is 2.75 bits per heavy atom. The second kappa shape index (κ2) is 9.68. The third-order valence-corrected chi connectivity index (χ3v) is 5.06. The van der Waals surface area contributed by atoms with Gasteiger partial charge in [0, 0.05) is 15.6 Å². The smallest absolute Gasteiger partial charge is 0.294 e. The first-order valence-corrected chi connectivity index (χ1v) is 10.4. The quantitative estimate of drug-likeness (QED) is 0.265. The van der Waals surface area contributed by atoms with Crippen LogP contribution in [0.25, 0.3) is 11.3 Å². The first-order valence-electron chi connectivity index (χ1n) is 8.83. The van der Waals surface area contributed by atoms with Gasteiger partial charge in [-0.05, 0) is 30.3 Å². The predicted molar refractivity (Wildman–Crippen MR) is 118 cm³/mol. The fraction of sp³-hybridized carbons (Fsp3) is 0.0556. The standard InChI is InChI=1S/C18H12Cl2N8O3S/c19-10-3-9(4-11(20)5-10)13-2-1-12(31-13)7-22-25-14(29)6-15-26-28-18(32-15)24-17(30)16-21-8-23-27-16/h1-5,7-8H,6H2,(H,25,29)(H,21,23,27)(H,24,28,30)/b22-7-. The molecule has 0 saturated carbocycles. The first kappa shape index (κ1) is 21.6. The number of aromatic amines is 1. The minimum absolute atomic E-state index is 0.0355. The molecule has 2 amide bonds. The van der Waals surface area contributed by atoms with Crippen molar-refractivity contribution < 1.29 is 14.0 Å². The van der Waals surface area contributed by atoms with Crippen molar-refractivity contribution in [2.75, 3.05) is 5.32 Å². The van der Waals surface area contributed by atoms with Crippen LogP contribution >= 0.6 is 34.5 Å². The summed E-state index contributed by atoms with van der Waals surface area (Å²) >= 11 is 13.1. The van der Waals surface area contributed by atoms with E-state index in [-0.39, 0.29) is 17.4 Å². The molecule has 0 atom stereocenters. The zero-order valence-corrected chi connectivity index (χ0v) is 18.2. The number of H-pyrrole nitrogens is 1. The number of nitrogens with one attached hydrogen (secondary N) is 3. The van der Waals surface area contributed by atoms with E-state index in [1.165, 1.54) is 12.5 Å². The van der Waals surface area contributed by atoms with Crippen LogP contribution in [0.4, 0.5) is 5.13 Å². The Hall–Kier alpha value is -3.61. The second-order valence-electron chi connectivity index (χ2n) is 6.12. The zero-order valence-electron chi connectivity index (χ0n) is 15.9. The van der Waals surface area contributed by atoms with Crippen LogP contribution in [0.1, 0.15) is 21.4 Å². The molecule has 0 radical (unpaired) electrons. The number of carbonyl (C=O) groups is 2. The molecule has 0 aliphatic rings. The van der Waals surface area contributed by atoms with Crippen LogP contribution in [-0.2, 0) is 11.2 Å². The largest absolute Gasteiger partial charge is 0.455 e. The van der Waals surface area contributed by atoms with Gasteiger partial charge >= 0.3 is 0 Å². The van der Waals surface area contributed by atoms with Gasteiger partial charge in [-0.1, -0.05) is 34.5 Å². The lowest BCUT2D eigenvalue weighted by molar-refractivity contribution is -0.120. The molecular weight excluding hydrogens is 479 g/mol. The number of hydrogen-bond acceptors (Lipinski definition) is 9. The molecule has 0 saturated heterocycles. The van der Waals surface area contributed by atoms with Crippen LogP contribution < -0.4 is 10.7 Å². The highest BCUT2D eigenvalue weighted by molar-refractivity contribution is 7.15. The van der Waals surface area contributed by atoms with E-state index in [1.54, 1.807) is 30.3 Å². The van der Waals surface area contributed by atoms with Crippen LogP contribution in [0.15, 0.2) is 46.2 Å². The van der Waals surface area contributed by atoms with Gasteiger partial charge in [-0.25, -0.2) is 10.4 Å².